The first-order chi connectivity index (χ1) is 14.6. The molecule has 4 nitrogen and oxygen atoms in total. The van der Waals surface area contributed by atoms with Gasteiger partial charge in [0.05, 0.1) is 4.90 Å². The Morgan fingerprint density at radius 2 is 1.33 bits per heavy atom. The van der Waals surface area contributed by atoms with Crippen molar-refractivity contribution in [2.45, 2.75) is 11.5 Å². The first-order valence-electron chi connectivity index (χ1n) is 9.55. The van der Waals surface area contributed by atoms with E-state index in [9.17, 15) is 8.42 Å². The average Bonchev–Trinajstić information content (AvgIpc) is 2.79. The molecule has 1 N–H and O–H groups in total. The minimum absolute atomic E-state index is 0.234. The smallest absolute Gasteiger partial charge is 0.261 e. The molecule has 0 aliphatic carbocycles. The third-order valence-corrected chi connectivity index (χ3v) is 6.00. The molecule has 30 heavy (non-hydrogen) atoms. The standard InChI is InChI=1S/C25H21NO3S/c27-30(28,25-12-5-2-6-13-25)26-23-16-14-21(15-17-23)22-10-7-11-24(18-22)29-19-20-8-3-1-4-9-20/h1-18,26H,19H2. The van der Waals surface area contributed by atoms with Gasteiger partial charge in [0.25, 0.3) is 10.0 Å². The minimum Gasteiger partial charge on any atom is -0.489 e. The number of hydrogen-bond donors (Lipinski definition) is 1. The fraction of sp³-hybridized carbons (Fsp3) is 0.0400. The molecule has 0 heterocycles. The minimum atomic E-state index is -3.60. The van der Waals surface area contributed by atoms with Crippen LogP contribution >= 0.6 is 0 Å². The van der Waals surface area contributed by atoms with Crippen LogP contribution in [0.1, 0.15) is 5.56 Å². The number of anilines is 1. The van der Waals surface area contributed by atoms with Gasteiger partial charge in [-0.25, -0.2) is 8.42 Å². The summed E-state index contributed by atoms with van der Waals surface area (Å²) in [5.41, 5.74) is 3.60. The van der Waals surface area contributed by atoms with Gasteiger partial charge in [0.1, 0.15) is 12.4 Å². The summed E-state index contributed by atoms with van der Waals surface area (Å²) in [6.45, 7) is 0.504. The van der Waals surface area contributed by atoms with Crippen molar-refractivity contribution in [3.8, 4) is 16.9 Å². The summed E-state index contributed by atoms with van der Waals surface area (Å²) in [5.74, 6) is 0.783. The van der Waals surface area contributed by atoms with Crippen LogP contribution in [0.3, 0.4) is 0 Å². The molecule has 0 saturated heterocycles. The van der Waals surface area contributed by atoms with E-state index >= 15 is 0 Å². The normalized spacial score (nSPS) is 11.1. The van der Waals surface area contributed by atoms with E-state index in [-0.39, 0.29) is 4.90 Å². The summed E-state index contributed by atoms with van der Waals surface area (Å²) in [4.78, 5) is 0.234. The highest BCUT2D eigenvalue weighted by Crippen LogP contribution is 2.26. The molecule has 0 aliphatic heterocycles. The van der Waals surface area contributed by atoms with E-state index in [1.165, 1.54) is 0 Å². The van der Waals surface area contributed by atoms with Crippen LogP contribution in [0.2, 0.25) is 0 Å². The summed E-state index contributed by atoms with van der Waals surface area (Å²) in [7, 11) is -3.60. The van der Waals surface area contributed by atoms with Crippen molar-refractivity contribution in [1.82, 2.24) is 0 Å². The molecule has 0 radical (unpaired) electrons. The quantitative estimate of drug-likeness (QED) is 0.419. The molecular formula is C25H21NO3S. The summed E-state index contributed by atoms with van der Waals surface area (Å²) < 4.78 is 33.4. The summed E-state index contributed by atoms with van der Waals surface area (Å²) in [6.07, 6.45) is 0. The molecule has 0 amide bonds. The van der Waals surface area contributed by atoms with Crippen LogP contribution in [0.5, 0.6) is 5.75 Å². The van der Waals surface area contributed by atoms with Gasteiger partial charge in [-0.1, -0.05) is 72.8 Å². The molecule has 4 aromatic carbocycles. The van der Waals surface area contributed by atoms with E-state index in [1.807, 2.05) is 66.7 Å². The number of nitrogens with one attached hydrogen (secondary N) is 1. The van der Waals surface area contributed by atoms with Crippen LogP contribution in [0, 0.1) is 0 Å². The Bertz CT molecular complexity index is 1210. The fourth-order valence-corrected chi connectivity index (χ4v) is 4.13. The molecule has 4 rings (SSSR count). The van der Waals surface area contributed by atoms with E-state index in [0.29, 0.717) is 12.3 Å². The van der Waals surface area contributed by atoms with Crippen molar-refractivity contribution in [3.05, 3.63) is 115 Å². The zero-order valence-corrected chi connectivity index (χ0v) is 17.0. The van der Waals surface area contributed by atoms with Crippen molar-refractivity contribution in [2.24, 2.45) is 0 Å². The second-order valence-electron chi connectivity index (χ2n) is 6.80. The summed E-state index contributed by atoms with van der Waals surface area (Å²) in [6, 6.07) is 33.5. The lowest BCUT2D eigenvalue weighted by Crippen LogP contribution is -2.12. The Kier molecular flexibility index (Phi) is 5.82. The zero-order valence-electron chi connectivity index (χ0n) is 16.2. The molecule has 0 fully saturated rings. The zero-order chi connectivity index (χ0) is 20.8. The predicted octanol–water partition coefficient (Wildman–Crippen LogP) is 5.73. The maximum atomic E-state index is 12.5. The molecule has 0 bridgehead atoms. The second kappa shape index (κ2) is 8.84. The molecule has 0 unspecified atom stereocenters. The topological polar surface area (TPSA) is 55.4 Å². The lowest BCUT2D eigenvalue weighted by Gasteiger charge is -2.10. The van der Waals surface area contributed by atoms with E-state index in [1.54, 1.807) is 42.5 Å². The third kappa shape index (κ3) is 4.88. The van der Waals surface area contributed by atoms with E-state index in [4.69, 9.17) is 4.74 Å². The Balaban J connectivity index is 1.46. The number of sulfonamides is 1. The maximum absolute atomic E-state index is 12.5. The van der Waals surface area contributed by atoms with Gasteiger partial charge < -0.3 is 4.74 Å². The van der Waals surface area contributed by atoms with Gasteiger partial charge in [0.15, 0.2) is 0 Å². The van der Waals surface area contributed by atoms with Crippen LogP contribution < -0.4 is 9.46 Å². The molecule has 4 aromatic rings. The Morgan fingerprint density at radius 3 is 2.03 bits per heavy atom. The number of hydrogen-bond acceptors (Lipinski definition) is 3. The van der Waals surface area contributed by atoms with Gasteiger partial charge >= 0.3 is 0 Å². The fourth-order valence-electron chi connectivity index (χ4n) is 3.05. The van der Waals surface area contributed by atoms with Gasteiger partial charge in [0.2, 0.25) is 0 Å². The first kappa shape index (κ1) is 19.7. The van der Waals surface area contributed by atoms with Gasteiger partial charge in [-0.2, -0.15) is 0 Å². The Labute approximate surface area is 176 Å². The molecule has 5 heteroatoms. The Morgan fingerprint density at radius 1 is 0.667 bits per heavy atom. The monoisotopic (exact) mass is 415 g/mol. The summed E-state index contributed by atoms with van der Waals surface area (Å²) in [5, 5.41) is 0. The van der Waals surface area contributed by atoms with Crippen LogP contribution in [0.25, 0.3) is 11.1 Å². The van der Waals surface area contributed by atoms with Crippen LogP contribution in [0.4, 0.5) is 5.69 Å². The number of ether oxygens (including phenoxy) is 1. The molecule has 0 aliphatic rings. The van der Waals surface area contributed by atoms with Gasteiger partial charge in [-0.15, -0.1) is 0 Å². The second-order valence-corrected chi connectivity index (χ2v) is 8.48. The van der Waals surface area contributed by atoms with Crippen molar-refractivity contribution in [1.29, 1.82) is 0 Å². The van der Waals surface area contributed by atoms with Crippen molar-refractivity contribution in [3.63, 3.8) is 0 Å². The first-order valence-corrected chi connectivity index (χ1v) is 11.0. The van der Waals surface area contributed by atoms with Crippen molar-refractivity contribution >= 4 is 15.7 Å². The maximum Gasteiger partial charge on any atom is 0.261 e. The van der Waals surface area contributed by atoms with Gasteiger partial charge in [0, 0.05) is 5.69 Å². The van der Waals surface area contributed by atoms with Crippen LogP contribution in [-0.4, -0.2) is 8.42 Å². The number of benzene rings is 4. The lowest BCUT2D eigenvalue weighted by atomic mass is 10.1. The molecule has 0 atom stereocenters. The molecule has 0 aromatic heterocycles. The molecule has 0 spiro atoms. The highest BCUT2D eigenvalue weighted by atomic mass is 32.2. The van der Waals surface area contributed by atoms with E-state index < -0.39 is 10.0 Å². The number of rotatable bonds is 7. The highest BCUT2D eigenvalue weighted by Gasteiger charge is 2.13. The summed E-state index contributed by atoms with van der Waals surface area (Å²) >= 11 is 0. The predicted molar refractivity (Wildman–Crippen MR) is 120 cm³/mol. The third-order valence-electron chi connectivity index (χ3n) is 4.61. The Hall–Kier alpha value is -3.57. The molecular weight excluding hydrogens is 394 g/mol. The average molecular weight is 416 g/mol. The van der Waals surface area contributed by atoms with Crippen molar-refractivity contribution < 1.29 is 13.2 Å². The SMILES string of the molecule is O=S(=O)(Nc1ccc(-c2cccc(OCc3ccccc3)c2)cc1)c1ccccc1. The van der Waals surface area contributed by atoms with Crippen LogP contribution in [0.15, 0.2) is 114 Å². The largest absolute Gasteiger partial charge is 0.489 e. The van der Waals surface area contributed by atoms with Gasteiger partial charge in [-0.3, -0.25) is 4.72 Å². The molecule has 0 saturated carbocycles. The van der Waals surface area contributed by atoms with Gasteiger partial charge in [-0.05, 0) is 53.1 Å². The highest BCUT2D eigenvalue weighted by molar-refractivity contribution is 7.92. The molecule has 150 valence electrons. The van der Waals surface area contributed by atoms with E-state index in [0.717, 1.165) is 22.4 Å². The van der Waals surface area contributed by atoms with Crippen molar-refractivity contribution in [2.75, 3.05) is 4.72 Å². The van der Waals surface area contributed by atoms with Crippen LogP contribution in [-0.2, 0) is 16.6 Å². The van der Waals surface area contributed by atoms with E-state index in [2.05, 4.69) is 4.72 Å². The lowest BCUT2D eigenvalue weighted by molar-refractivity contribution is 0.306.